The first-order valence-electron chi connectivity index (χ1n) is 14.5. The van der Waals surface area contributed by atoms with Gasteiger partial charge in [-0.1, -0.05) is 0 Å². The van der Waals surface area contributed by atoms with Gasteiger partial charge in [0, 0.05) is 38.2 Å². The lowest BCUT2D eigenvalue weighted by atomic mass is 9.82. The van der Waals surface area contributed by atoms with Crippen LogP contribution in [0, 0.1) is 17.8 Å². The summed E-state index contributed by atoms with van der Waals surface area (Å²) in [6.45, 7) is 7.95. The predicted molar refractivity (Wildman–Crippen MR) is 146 cm³/mol. The number of piperidine rings is 3. The number of carbonyl (C=O) groups is 3. The van der Waals surface area contributed by atoms with Crippen molar-refractivity contribution >= 4 is 23.5 Å². The number of amides is 4. The Morgan fingerprint density at radius 1 is 0.921 bits per heavy atom. The molecule has 208 valence electrons. The Balaban J connectivity index is 1.10. The third-order valence-electron chi connectivity index (χ3n) is 9.02. The average Bonchev–Trinajstić information content (AvgIpc) is 2.94. The SMILES string of the molecule is COc1ccc(C(=O)N2CCC(CC3CCN(CC4CCNCC4)CC3)CC2)cc1N1CCC(=O)NC1=O. The van der Waals surface area contributed by atoms with E-state index in [0.29, 0.717) is 22.9 Å². The van der Waals surface area contributed by atoms with E-state index in [4.69, 9.17) is 4.74 Å². The lowest BCUT2D eigenvalue weighted by molar-refractivity contribution is -0.120. The minimum atomic E-state index is -0.484. The van der Waals surface area contributed by atoms with Gasteiger partial charge in [-0.25, -0.2) is 4.79 Å². The molecule has 2 N–H and O–H groups in total. The van der Waals surface area contributed by atoms with Gasteiger partial charge in [0.25, 0.3) is 5.91 Å². The molecule has 0 aromatic heterocycles. The van der Waals surface area contributed by atoms with E-state index >= 15 is 0 Å². The molecule has 4 saturated heterocycles. The van der Waals surface area contributed by atoms with Gasteiger partial charge in [-0.15, -0.1) is 0 Å². The molecular formula is C29H43N5O4. The fraction of sp³-hybridized carbons (Fsp3) is 0.690. The molecule has 0 aliphatic carbocycles. The Kier molecular flexibility index (Phi) is 8.84. The van der Waals surface area contributed by atoms with Gasteiger partial charge in [-0.3, -0.25) is 19.8 Å². The van der Waals surface area contributed by atoms with E-state index in [1.165, 1.54) is 76.8 Å². The largest absolute Gasteiger partial charge is 0.495 e. The summed E-state index contributed by atoms with van der Waals surface area (Å²) in [4.78, 5) is 43.5. The average molecular weight is 526 g/mol. The zero-order chi connectivity index (χ0) is 26.5. The number of rotatable bonds is 7. The Bertz CT molecular complexity index is 995. The van der Waals surface area contributed by atoms with E-state index in [-0.39, 0.29) is 24.8 Å². The monoisotopic (exact) mass is 525 g/mol. The van der Waals surface area contributed by atoms with Crippen molar-refractivity contribution in [1.82, 2.24) is 20.4 Å². The smallest absolute Gasteiger partial charge is 0.328 e. The summed E-state index contributed by atoms with van der Waals surface area (Å²) in [6.07, 6.45) is 8.90. The quantitative estimate of drug-likeness (QED) is 0.568. The van der Waals surface area contributed by atoms with E-state index in [1.807, 2.05) is 4.90 Å². The molecule has 1 aromatic rings. The Morgan fingerprint density at radius 2 is 1.61 bits per heavy atom. The van der Waals surface area contributed by atoms with Gasteiger partial charge in [-0.2, -0.15) is 0 Å². The number of nitrogens with one attached hydrogen (secondary N) is 2. The number of imide groups is 1. The molecule has 0 radical (unpaired) electrons. The molecule has 9 nitrogen and oxygen atoms in total. The fourth-order valence-corrected chi connectivity index (χ4v) is 6.69. The van der Waals surface area contributed by atoms with Crippen molar-refractivity contribution in [3.63, 3.8) is 0 Å². The second kappa shape index (κ2) is 12.5. The van der Waals surface area contributed by atoms with Gasteiger partial charge in [0.1, 0.15) is 5.75 Å². The van der Waals surface area contributed by atoms with Gasteiger partial charge in [-0.05, 0) is 107 Å². The highest BCUT2D eigenvalue weighted by molar-refractivity contribution is 6.07. The lowest BCUT2D eigenvalue weighted by Gasteiger charge is -2.38. The molecular weight excluding hydrogens is 482 g/mol. The molecule has 0 bridgehead atoms. The minimum Gasteiger partial charge on any atom is -0.495 e. The first-order valence-corrected chi connectivity index (χ1v) is 14.5. The summed E-state index contributed by atoms with van der Waals surface area (Å²) in [5.74, 6) is 2.60. The third-order valence-corrected chi connectivity index (χ3v) is 9.02. The highest BCUT2D eigenvalue weighted by Crippen LogP contribution is 2.33. The number of likely N-dealkylation sites (tertiary alicyclic amines) is 2. The summed E-state index contributed by atoms with van der Waals surface area (Å²) in [7, 11) is 1.54. The molecule has 0 saturated carbocycles. The van der Waals surface area contributed by atoms with Crippen molar-refractivity contribution in [2.45, 2.75) is 51.4 Å². The number of hydrogen-bond acceptors (Lipinski definition) is 6. The number of benzene rings is 1. The lowest BCUT2D eigenvalue weighted by Crippen LogP contribution is -2.49. The Labute approximate surface area is 226 Å². The van der Waals surface area contributed by atoms with Crippen LogP contribution in [0.15, 0.2) is 18.2 Å². The Hall–Kier alpha value is -2.65. The summed E-state index contributed by atoms with van der Waals surface area (Å²) in [5, 5.41) is 5.81. The zero-order valence-electron chi connectivity index (χ0n) is 22.8. The number of hydrogen-bond donors (Lipinski definition) is 2. The van der Waals surface area contributed by atoms with Crippen molar-refractivity contribution in [3.8, 4) is 5.75 Å². The Morgan fingerprint density at radius 3 is 2.26 bits per heavy atom. The van der Waals surface area contributed by atoms with Crippen molar-refractivity contribution in [2.24, 2.45) is 17.8 Å². The van der Waals surface area contributed by atoms with Gasteiger partial charge in [0.05, 0.1) is 12.8 Å². The standard InChI is InChI=1S/C29H43N5O4/c1-38-26-3-2-24(19-25(26)34-17-10-27(35)31-29(34)37)28(36)33-15-8-22(9-16-33)18-21-6-13-32(14-7-21)20-23-4-11-30-12-5-23/h2-3,19,21-23,30H,4-18,20H2,1H3,(H,31,35,37). The van der Waals surface area contributed by atoms with E-state index < -0.39 is 6.03 Å². The van der Waals surface area contributed by atoms with Crippen molar-refractivity contribution in [1.29, 1.82) is 0 Å². The number of methoxy groups -OCH3 is 1. The van der Waals surface area contributed by atoms with E-state index in [2.05, 4.69) is 15.5 Å². The van der Waals surface area contributed by atoms with Crippen LogP contribution in [0.4, 0.5) is 10.5 Å². The van der Waals surface area contributed by atoms with Crippen LogP contribution in [0.1, 0.15) is 61.7 Å². The molecule has 5 rings (SSSR count). The first-order chi connectivity index (χ1) is 18.5. The van der Waals surface area contributed by atoms with Crippen LogP contribution >= 0.6 is 0 Å². The van der Waals surface area contributed by atoms with Gasteiger partial charge in [0.2, 0.25) is 5.91 Å². The second-order valence-corrected chi connectivity index (χ2v) is 11.6. The molecule has 4 aliphatic rings. The minimum absolute atomic E-state index is 0.00734. The van der Waals surface area contributed by atoms with Crippen LogP contribution in [0.5, 0.6) is 5.75 Å². The normalized spacial score (nSPS) is 23.0. The van der Waals surface area contributed by atoms with Crippen LogP contribution in [0.3, 0.4) is 0 Å². The first kappa shape index (κ1) is 26.9. The number of carbonyl (C=O) groups excluding carboxylic acids is 3. The van der Waals surface area contributed by atoms with Crippen molar-refractivity contribution < 1.29 is 19.1 Å². The number of anilines is 1. The molecule has 9 heteroatoms. The van der Waals surface area contributed by atoms with Gasteiger partial charge >= 0.3 is 6.03 Å². The molecule has 4 heterocycles. The van der Waals surface area contributed by atoms with Crippen LogP contribution in [-0.4, -0.2) is 87.1 Å². The summed E-state index contributed by atoms with van der Waals surface area (Å²) in [6, 6.07) is 4.74. The highest BCUT2D eigenvalue weighted by Gasteiger charge is 2.30. The number of nitrogens with zero attached hydrogens (tertiary/aromatic N) is 3. The molecule has 0 unspecified atom stereocenters. The fourth-order valence-electron chi connectivity index (χ4n) is 6.69. The second-order valence-electron chi connectivity index (χ2n) is 11.6. The van der Waals surface area contributed by atoms with Gasteiger partial charge < -0.3 is 19.9 Å². The van der Waals surface area contributed by atoms with Crippen LogP contribution in [-0.2, 0) is 4.79 Å². The maximum absolute atomic E-state index is 13.4. The van der Waals surface area contributed by atoms with Crippen LogP contribution < -0.4 is 20.3 Å². The predicted octanol–water partition coefficient (Wildman–Crippen LogP) is 3.10. The van der Waals surface area contributed by atoms with E-state index in [1.54, 1.807) is 18.2 Å². The van der Waals surface area contributed by atoms with Crippen LogP contribution in [0.2, 0.25) is 0 Å². The molecule has 1 aromatic carbocycles. The molecule has 38 heavy (non-hydrogen) atoms. The van der Waals surface area contributed by atoms with Crippen LogP contribution in [0.25, 0.3) is 0 Å². The molecule has 0 spiro atoms. The maximum Gasteiger partial charge on any atom is 0.328 e. The van der Waals surface area contributed by atoms with E-state index in [9.17, 15) is 14.4 Å². The highest BCUT2D eigenvalue weighted by atomic mass is 16.5. The summed E-state index contributed by atoms with van der Waals surface area (Å²) in [5.41, 5.74) is 1.06. The topological polar surface area (TPSA) is 94.2 Å². The summed E-state index contributed by atoms with van der Waals surface area (Å²) < 4.78 is 5.45. The molecule has 0 atom stereocenters. The maximum atomic E-state index is 13.4. The molecule has 4 aliphatic heterocycles. The number of urea groups is 1. The van der Waals surface area contributed by atoms with E-state index in [0.717, 1.165) is 37.8 Å². The van der Waals surface area contributed by atoms with Crippen molar-refractivity contribution in [3.05, 3.63) is 23.8 Å². The number of ether oxygens (including phenoxy) is 1. The summed E-state index contributed by atoms with van der Waals surface area (Å²) >= 11 is 0. The third kappa shape index (κ3) is 6.49. The van der Waals surface area contributed by atoms with Gasteiger partial charge in [0.15, 0.2) is 0 Å². The molecule has 4 amide bonds. The van der Waals surface area contributed by atoms with Crippen molar-refractivity contribution in [2.75, 3.05) is 64.4 Å². The zero-order valence-corrected chi connectivity index (χ0v) is 22.8. The molecule has 4 fully saturated rings.